The lowest BCUT2D eigenvalue weighted by molar-refractivity contribution is -0.147. The number of aliphatic carboxylic acids is 1. The summed E-state index contributed by atoms with van der Waals surface area (Å²) >= 11 is 0. The standard InChI is InChI=1S/C12H12F2N4O2/c1-3-12(2,11(19)20)18-10(15-16-17-18)7-4-8(13)6-9(14)5-7/h4-6H,3H2,1-2H3,(H,19,20). The van der Waals surface area contributed by atoms with Crippen LogP contribution in [0.25, 0.3) is 11.4 Å². The van der Waals surface area contributed by atoms with Crippen LogP contribution in [0.15, 0.2) is 18.2 Å². The first-order valence-corrected chi connectivity index (χ1v) is 5.87. The molecule has 106 valence electrons. The van der Waals surface area contributed by atoms with Crippen molar-refractivity contribution in [1.29, 1.82) is 0 Å². The van der Waals surface area contributed by atoms with Crippen LogP contribution in [0.1, 0.15) is 20.3 Å². The van der Waals surface area contributed by atoms with Crippen molar-refractivity contribution in [2.45, 2.75) is 25.8 Å². The molecule has 0 bridgehead atoms. The fourth-order valence-corrected chi connectivity index (χ4v) is 1.77. The minimum Gasteiger partial charge on any atom is -0.479 e. The smallest absolute Gasteiger partial charge is 0.331 e. The highest BCUT2D eigenvalue weighted by atomic mass is 19.1. The number of tetrazole rings is 1. The van der Waals surface area contributed by atoms with Crippen LogP contribution in [0.3, 0.4) is 0 Å². The third-order valence-corrected chi connectivity index (χ3v) is 3.21. The quantitative estimate of drug-likeness (QED) is 0.925. The molecule has 0 amide bonds. The van der Waals surface area contributed by atoms with Crippen molar-refractivity contribution >= 4 is 5.97 Å². The zero-order valence-corrected chi connectivity index (χ0v) is 10.8. The van der Waals surface area contributed by atoms with E-state index in [1.54, 1.807) is 6.92 Å². The van der Waals surface area contributed by atoms with E-state index >= 15 is 0 Å². The Morgan fingerprint density at radius 2 is 1.95 bits per heavy atom. The molecule has 0 fully saturated rings. The molecule has 1 aromatic heterocycles. The number of benzene rings is 1. The van der Waals surface area contributed by atoms with Gasteiger partial charge in [-0.15, -0.1) is 5.10 Å². The van der Waals surface area contributed by atoms with Gasteiger partial charge in [-0.2, -0.15) is 0 Å². The Labute approximate surface area is 113 Å². The maximum absolute atomic E-state index is 13.3. The largest absolute Gasteiger partial charge is 0.479 e. The average Bonchev–Trinajstić information content (AvgIpc) is 2.86. The number of rotatable bonds is 4. The lowest BCUT2D eigenvalue weighted by Crippen LogP contribution is -2.39. The van der Waals surface area contributed by atoms with Crippen molar-refractivity contribution in [1.82, 2.24) is 20.2 Å². The van der Waals surface area contributed by atoms with Gasteiger partial charge in [0.1, 0.15) is 11.6 Å². The lowest BCUT2D eigenvalue weighted by Gasteiger charge is -2.23. The van der Waals surface area contributed by atoms with E-state index in [4.69, 9.17) is 0 Å². The third kappa shape index (κ3) is 2.24. The van der Waals surface area contributed by atoms with Gasteiger partial charge < -0.3 is 5.11 Å². The molecular formula is C12H12F2N4O2. The number of hydrogen-bond donors (Lipinski definition) is 1. The van der Waals surface area contributed by atoms with Crippen LogP contribution in [0, 0.1) is 11.6 Å². The summed E-state index contributed by atoms with van der Waals surface area (Å²) in [5, 5.41) is 20.0. The molecule has 6 nitrogen and oxygen atoms in total. The van der Waals surface area contributed by atoms with E-state index in [0.717, 1.165) is 16.8 Å². The Kier molecular flexibility index (Phi) is 3.47. The van der Waals surface area contributed by atoms with Crippen LogP contribution >= 0.6 is 0 Å². The fraction of sp³-hybridized carbons (Fsp3) is 0.333. The Morgan fingerprint density at radius 3 is 2.45 bits per heavy atom. The Balaban J connectivity index is 2.61. The summed E-state index contributed by atoms with van der Waals surface area (Å²) in [6.07, 6.45) is 0.207. The van der Waals surface area contributed by atoms with Gasteiger partial charge in [0, 0.05) is 11.6 Å². The number of carbonyl (C=O) groups is 1. The van der Waals surface area contributed by atoms with Crippen molar-refractivity contribution in [3.05, 3.63) is 29.8 Å². The number of carboxylic acids is 1. The first kappa shape index (κ1) is 14.0. The minimum atomic E-state index is -1.40. The van der Waals surface area contributed by atoms with E-state index < -0.39 is 23.1 Å². The Morgan fingerprint density at radius 1 is 1.35 bits per heavy atom. The van der Waals surface area contributed by atoms with Gasteiger partial charge in [0.2, 0.25) is 0 Å². The van der Waals surface area contributed by atoms with Crippen molar-refractivity contribution in [2.24, 2.45) is 0 Å². The maximum Gasteiger partial charge on any atom is 0.331 e. The van der Waals surface area contributed by atoms with E-state index in [1.165, 1.54) is 6.92 Å². The van der Waals surface area contributed by atoms with Crippen LogP contribution in [0.4, 0.5) is 8.78 Å². The molecule has 2 aromatic rings. The zero-order valence-electron chi connectivity index (χ0n) is 10.8. The molecule has 1 atom stereocenters. The highest BCUT2D eigenvalue weighted by Crippen LogP contribution is 2.27. The predicted molar refractivity (Wildman–Crippen MR) is 64.7 cm³/mol. The van der Waals surface area contributed by atoms with E-state index in [-0.39, 0.29) is 17.8 Å². The molecule has 0 saturated carbocycles. The fourth-order valence-electron chi connectivity index (χ4n) is 1.77. The molecule has 0 aliphatic carbocycles. The molecule has 8 heteroatoms. The Bertz CT molecular complexity index is 638. The molecule has 0 spiro atoms. The summed E-state index contributed by atoms with van der Waals surface area (Å²) in [4.78, 5) is 11.4. The molecule has 1 unspecified atom stereocenters. The molecule has 0 aliphatic rings. The summed E-state index contributed by atoms with van der Waals surface area (Å²) in [5.41, 5.74) is -1.32. The second kappa shape index (κ2) is 4.95. The summed E-state index contributed by atoms with van der Waals surface area (Å²) in [5.74, 6) is -2.72. The van der Waals surface area contributed by atoms with E-state index in [9.17, 15) is 18.7 Å². The first-order valence-electron chi connectivity index (χ1n) is 5.87. The van der Waals surface area contributed by atoms with Crippen molar-refractivity contribution in [2.75, 3.05) is 0 Å². The second-order valence-corrected chi connectivity index (χ2v) is 4.50. The van der Waals surface area contributed by atoms with Gasteiger partial charge in [0.05, 0.1) is 0 Å². The van der Waals surface area contributed by atoms with Crippen LogP contribution in [-0.2, 0) is 10.3 Å². The maximum atomic E-state index is 13.3. The molecule has 0 aliphatic heterocycles. The van der Waals surface area contributed by atoms with Crippen LogP contribution in [0.2, 0.25) is 0 Å². The highest BCUT2D eigenvalue weighted by Gasteiger charge is 2.37. The molecule has 1 heterocycles. The van der Waals surface area contributed by atoms with Crippen LogP contribution in [-0.4, -0.2) is 31.3 Å². The van der Waals surface area contributed by atoms with Gasteiger partial charge in [-0.05, 0) is 35.9 Å². The van der Waals surface area contributed by atoms with E-state index in [0.29, 0.717) is 6.07 Å². The van der Waals surface area contributed by atoms with Crippen molar-refractivity contribution in [3.63, 3.8) is 0 Å². The van der Waals surface area contributed by atoms with Gasteiger partial charge in [0.15, 0.2) is 11.4 Å². The monoisotopic (exact) mass is 282 g/mol. The van der Waals surface area contributed by atoms with Gasteiger partial charge >= 0.3 is 5.97 Å². The SMILES string of the molecule is CCC(C)(C(=O)O)n1nnnc1-c1cc(F)cc(F)c1. The third-order valence-electron chi connectivity index (χ3n) is 3.21. The van der Waals surface area contributed by atoms with E-state index in [1.807, 2.05) is 0 Å². The minimum absolute atomic E-state index is 0.00449. The normalized spacial score (nSPS) is 14.0. The number of hydrogen-bond acceptors (Lipinski definition) is 4. The van der Waals surface area contributed by atoms with Gasteiger partial charge in [-0.3, -0.25) is 0 Å². The highest BCUT2D eigenvalue weighted by molar-refractivity contribution is 5.77. The topological polar surface area (TPSA) is 80.9 Å². The molecule has 1 aromatic carbocycles. The molecule has 0 saturated heterocycles. The van der Waals surface area contributed by atoms with Crippen LogP contribution < -0.4 is 0 Å². The first-order chi connectivity index (χ1) is 9.38. The lowest BCUT2D eigenvalue weighted by atomic mass is 9.99. The van der Waals surface area contributed by atoms with Gasteiger partial charge in [-0.25, -0.2) is 18.3 Å². The summed E-state index contributed by atoms with van der Waals surface area (Å²) < 4.78 is 27.6. The van der Waals surface area contributed by atoms with Gasteiger partial charge in [0.25, 0.3) is 0 Å². The molecule has 20 heavy (non-hydrogen) atoms. The number of carboxylic acid groups (broad SMARTS) is 1. The average molecular weight is 282 g/mol. The van der Waals surface area contributed by atoms with Crippen LogP contribution in [0.5, 0.6) is 0 Å². The number of nitrogens with zero attached hydrogens (tertiary/aromatic N) is 4. The van der Waals surface area contributed by atoms with Crippen molar-refractivity contribution in [3.8, 4) is 11.4 Å². The molecule has 1 N–H and O–H groups in total. The van der Waals surface area contributed by atoms with Gasteiger partial charge in [-0.1, -0.05) is 6.92 Å². The number of aromatic nitrogens is 4. The zero-order chi connectivity index (χ0) is 14.9. The summed E-state index contributed by atoms with van der Waals surface area (Å²) in [7, 11) is 0. The number of halogens is 2. The van der Waals surface area contributed by atoms with Crippen molar-refractivity contribution < 1.29 is 18.7 Å². The van der Waals surface area contributed by atoms with E-state index in [2.05, 4.69) is 15.5 Å². The molecule has 0 radical (unpaired) electrons. The molecule has 2 rings (SSSR count). The Hall–Kier alpha value is -2.38. The second-order valence-electron chi connectivity index (χ2n) is 4.50. The predicted octanol–water partition coefficient (Wildman–Crippen LogP) is 1.83. The summed E-state index contributed by atoms with van der Waals surface area (Å²) in [6, 6.07) is 2.81. The summed E-state index contributed by atoms with van der Waals surface area (Å²) in [6.45, 7) is 3.09. The molecular weight excluding hydrogens is 270 g/mol.